The second-order valence-corrected chi connectivity index (χ2v) is 10.8. The maximum Gasteiger partial charge on any atom is 0.241 e. The van der Waals surface area contributed by atoms with E-state index in [1.807, 2.05) is 52.0 Å². The Morgan fingerprint density at radius 1 is 1.10 bits per heavy atom. The molecular weight excluding hydrogens is 418 g/mol. The first-order valence-electron chi connectivity index (χ1n) is 9.87. The maximum absolute atomic E-state index is 13.0. The summed E-state index contributed by atoms with van der Waals surface area (Å²) >= 11 is 1.44. The van der Waals surface area contributed by atoms with Crippen molar-refractivity contribution in [2.24, 2.45) is 5.92 Å². The SMILES string of the molecule is Cc1ccc(CNC(=O)[C@@H](CC(C)C)NS(=O)(=O)c2ccc3nc(C)sc3c2)cc1. The number of nitrogens with zero attached hydrogens (tertiary/aromatic N) is 1. The van der Waals surface area contributed by atoms with Crippen molar-refractivity contribution in [1.29, 1.82) is 0 Å². The van der Waals surface area contributed by atoms with E-state index in [4.69, 9.17) is 0 Å². The van der Waals surface area contributed by atoms with E-state index in [-0.39, 0.29) is 16.7 Å². The van der Waals surface area contributed by atoms with Gasteiger partial charge in [0.1, 0.15) is 6.04 Å². The number of hydrogen-bond acceptors (Lipinski definition) is 5. The molecule has 0 aliphatic rings. The zero-order valence-corrected chi connectivity index (χ0v) is 19.2. The molecule has 0 saturated heterocycles. The van der Waals surface area contributed by atoms with E-state index in [1.165, 1.54) is 17.4 Å². The van der Waals surface area contributed by atoms with Crippen LogP contribution < -0.4 is 10.0 Å². The molecule has 8 heteroatoms. The predicted octanol–water partition coefficient (Wildman–Crippen LogP) is 3.92. The van der Waals surface area contributed by atoms with Crippen molar-refractivity contribution >= 4 is 37.5 Å². The van der Waals surface area contributed by atoms with Gasteiger partial charge in [0.2, 0.25) is 15.9 Å². The summed E-state index contributed by atoms with van der Waals surface area (Å²) in [7, 11) is -3.85. The van der Waals surface area contributed by atoms with Gasteiger partial charge in [-0.25, -0.2) is 13.4 Å². The highest BCUT2D eigenvalue weighted by atomic mass is 32.2. The molecule has 0 saturated carbocycles. The van der Waals surface area contributed by atoms with Gasteiger partial charge in [-0.15, -0.1) is 11.3 Å². The van der Waals surface area contributed by atoms with Gasteiger partial charge in [-0.3, -0.25) is 4.79 Å². The topological polar surface area (TPSA) is 88.2 Å². The number of fused-ring (bicyclic) bond motifs is 1. The van der Waals surface area contributed by atoms with E-state index in [0.29, 0.717) is 13.0 Å². The number of carbonyl (C=O) groups excluding carboxylic acids is 1. The molecule has 2 aromatic carbocycles. The number of rotatable bonds is 8. The average molecular weight is 446 g/mol. The zero-order chi connectivity index (χ0) is 21.9. The lowest BCUT2D eigenvalue weighted by Crippen LogP contribution is -2.47. The molecule has 0 spiro atoms. The van der Waals surface area contributed by atoms with Crippen molar-refractivity contribution < 1.29 is 13.2 Å². The predicted molar refractivity (Wildman–Crippen MR) is 121 cm³/mol. The van der Waals surface area contributed by atoms with Crippen molar-refractivity contribution in [3.63, 3.8) is 0 Å². The Bertz CT molecular complexity index is 1140. The lowest BCUT2D eigenvalue weighted by atomic mass is 10.0. The summed E-state index contributed by atoms with van der Waals surface area (Å²) in [6.45, 7) is 8.15. The number of sulfonamides is 1. The minimum atomic E-state index is -3.85. The summed E-state index contributed by atoms with van der Waals surface area (Å²) in [6.07, 6.45) is 0.404. The van der Waals surface area contributed by atoms with Gasteiger partial charge in [-0.1, -0.05) is 43.7 Å². The van der Waals surface area contributed by atoms with E-state index >= 15 is 0 Å². The van der Waals surface area contributed by atoms with Crippen molar-refractivity contribution in [1.82, 2.24) is 15.0 Å². The fraction of sp³-hybridized carbons (Fsp3) is 0.364. The molecule has 0 fully saturated rings. The molecule has 6 nitrogen and oxygen atoms in total. The normalized spacial score (nSPS) is 13.0. The molecular formula is C22H27N3O3S2. The van der Waals surface area contributed by atoms with Crippen LogP contribution in [0.15, 0.2) is 47.4 Å². The van der Waals surface area contributed by atoms with Gasteiger partial charge >= 0.3 is 0 Å². The van der Waals surface area contributed by atoms with Crippen LogP contribution in [0.2, 0.25) is 0 Å². The second-order valence-electron chi connectivity index (χ2n) is 7.87. The number of hydrogen-bond donors (Lipinski definition) is 2. The number of thiazole rings is 1. The van der Waals surface area contributed by atoms with E-state index < -0.39 is 16.1 Å². The molecule has 0 radical (unpaired) electrons. The molecule has 2 N–H and O–H groups in total. The van der Waals surface area contributed by atoms with Crippen LogP contribution >= 0.6 is 11.3 Å². The lowest BCUT2D eigenvalue weighted by Gasteiger charge is -2.20. The molecule has 0 aliphatic heterocycles. The standard InChI is InChI=1S/C22H27N3O3S2/c1-14(2)11-20(22(26)23-13-17-7-5-15(3)6-8-17)25-30(27,28)18-9-10-19-21(12-18)29-16(4)24-19/h5-10,12,14,20,25H,11,13H2,1-4H3,(H,23,26)/t20-/m1/s1. The Morgan fingerprint density at radius 2 is 1.80 bits per heavy atom. The third kappa shape index (κ3) is 5.65. The third-order valence-corrected chi connectivity index (χ3v) is 7.09. The van der Waals surface area contributed by atoms with Gasteiger partial charge in [0, 0.05) is 6.54 Å². The first kappa shape index (κ1) is 22.4. The summed E-state index contributed by atoms with van der Waals surface area (Å²) < 4.78 is 29.4. The molecule has 1 atom stereocenters. The van der Waals surface area contributed by atoms with Crippen LogP contribution in [0.25, 0.3) is 10.2 Å². The molecule has 1 amide bonds. The van der Waals surface area contributed by atoms with Gasteiger partial charge in [-0.05, 0) is 49.9 Å². The Labute approximate surface area is 181 Å². The van der Waals surface area contributed by atoms with Gasteiger partial charge in [-0.2, -0.15) is 4.72 Å². The summed E-state index contributed by atoms with van der Waals surface area (Å²) in [6, 6.07) is 11.8. The summed E-state index contributed by atoms with van der Waals surface area (Å²) in [4.78, 5) is 17.3. The number of aromatic nitrogens is 1. The zero-order valence-electron chi connectivity index (χ0n) is 17.6. The van der Waals surface area contributed by atoms with E-state index in [2.05, 4.69) is 15.0 Å². The van der Waals surface area contributed by atoms with Crippen molar-refractivity contribution in [3.8, 4) is 0 Å². The fourth-order valence-electron chi connectivity index (χ4n) is 3.14. The maximum atomic E-state index is 13.0. The Balaban J connectivity index is 1.76. The van der Waals surface area contributed by atoms with Gasteiger partial charge < -0.3 is 5.32 Å². The third-order valence-electron chi connectivity index (χ3n) is 4.69. The van der Waals surface area contributed by atoms with Crippen LogP contribution in [-0.2, 0) is 21.4 Å². The van der Waals surface area contributed by atoms with Gasteiger partial charge in [0.25, 0.3) is 0 Å². The summed E-state index contributed by atoms with van der Waals surface area (Å²) in [5, 5.41) is 3.73. The molecule has 1 heterocycles. The van der Waals surface area contributed by atoms with Crippen LogP contribution in [0.5, 0.6) is 0 Å². The minimum Gasteiger partial charge on any atom is -0.351 e. The lowest BCUT2D eigenvalue weighted by molar-refractivity contribution is -0.123. The summed E-state index contributed by atoms with van der Waals surface area (Å²) in [5.41, 5.74) is 2.88. The molecule has 160 valence electrons. The van der Waals surface area contributed by atoms with Crippen LogP contribution in [0.1, 0.15) is 36.4 Å². The molecule has 0 unspecified atom stereocenters. The highest BCUT2D eigenvalue weighted by molar-refractivity contribution is 7.89. The quantitative estimate of drug-likeness (QED) is 0.550. The first-order chi connectivity index (χ1) is 14.1. The van der Waals surface area contributed by atoms with Crippen molar-refractivity contribution in [2.45, 2.75) is 51.6 Å². The minimum absolute atomic E-state index is 0.138. The Hall–Kier alpha value is -2.29. The number of aryl methyl sites for hydroxylation is 2. The van der Waals surface area contributed by atoms with Crippen LogP contribution in [-0.4, -0.2) is 25.4 Å². The highest BCUT2D eigenvalue weighted by Crippen LogP contribution is 2.25. The molecule has 0 aliphatic carbocycles. The highest BCUT2D eigenvalue weighted by Gasteiger charge is 2.26. The number of carbonyl (C=O) groups is 1. The van der Waals surface area contributed by atoms with Crippen molar-refractivity contribution in [3.05, 3.63) is 58.6 Å². The smallest absolute Gasteiger partial charge is 0.241 e. The van der Waals surface area contributed by atoms with E-state index in [9.17, 15) is 13.2 Å². The number of amides is 1. The molecule has 3 aromatic rings. The fourth-order valence-corrected chi connectivity index (χ4v) is 5.32. The van der Waals surface area contributed by atoms with E-state index in [0.717, 1.165) is 26.4 Å². The summed E-state index contributed by atoms with van der Waals surface area (Å²) in [5.74, 6) is -0.183. The van der Waals surface area contributed by atoms with Crippen LogP contribution in [0.3, 0.4) is 0 Å². The Morgan fingerprint density at radius 3 is 2.47 bits per heavy atom. The van der Waals surface area contributed by atoms with Crippen molar-refractivity contribution in [2.75, 3.05) is 0 Å². The molecule has 30 heavy (non-hydrogen) atoms. The molecule has 3 rings (SSSR count). The largest absolute Gasteiger partial charge is 0.351 e. The van der Waals surface area contributed by atoms with Gasteiger partial charge in [0.05, 0.1) is 20.1 Å². The first-order valence-corrected chi connectivity index (χ1v) is 12.2. The molecule has 1 aromatic heterocycles. The number of benzene rings is 2. The Kier molecular flexibility index (Phi) is 6.90. The average Bonchev–Trinajstić information content (AvgIpc) is 3.05. The van der Waals surface area contributed by atoms with E-state index in [1.54, 1.807) is 12.1 Å². The second kappa shape index (κ2) is 9.24. The van der Waals surface area contributed by atoms with Crippen LogP contribution in [0.4, 0.5) is 0 Å². The van der Waals surface area contributed by atoms with Gasteiger partial charge in [0.15, 0.2) is 0 Å². The molecule has 0 bridgehead atoms. The number of nitrogens with one attached hydrogen (secondary N) is 2. The van der Waals surface area contributed by atoms with Crippen LogP contribution in [0, 0.1) is 19.8 Å². The monoisotopic (exact) mass is 445 g/mol.